The number of hydrogen-bond donors (Lipinski definition) is 1. The van der Waals surface area contributed by atoms with Crippen molar-refractivity contribution in [3.63, 3.8) is 0 Å². The monoisotopic (exact) mass is 561 g/mol. The number of sulfonamides is 1. The van der Waals surface area contributed by atoms with Crippen molar-refractivity contribution in [3.8, 4) is 0 Å². The van der Waals surface area contributed by atoms with Gasteiger partial charge in [-0.1, -0.05) is 79.4 Å². The molecular formula is C32H39N3O4S. The number of carbonyl (C=O) groups excluding carboxylic acids is 2. The molecule has 0 bridgehead atoms. The lowest BCUT2D eigenvalue weighted by molar-refractivity contribution is -0.139. The minimum absolute atomic E-state index is 0.0950. The zero-order valence-electron chi connectivity index (χ0n) is 23.5. The first-order valence-electron chi connectivity index (χ1n) is 13.9. The summed E-state index contributed by atoms with van der Waals surface area (Å²) in [6, 6.07) is 22.3. The van der Waals surface area contributed by atoms with Gasteiger partial charge in [0.25, 0.3) is 10.0 Å². The number of carbonyl (C=O) groups is 2. The lowest BCUT2D eigenvalue weighted by atomic mass is 9.95. The van der Waals surface area contributed by atoms with E-state index in [4.69, 9.17) is 0 Å². The van der Waals surface area contributed by atoms with Crippen LogP contribution in [0.25, 0.3) is 0 Å². The maximum atomic E-state index is 14.1. The zero-order chi connectivity index (χ0) is 28.7. The Balaban J connectivity index is 1.67. The normalized spacial score (nSPS) is 14.8. The number of amides is 2. The van der Waals surface area contributed by atoms with Crippen LogP contribution in [0.5, 0.6) is 0 Å². The summed E-state index contributed by atoms with van der Waals surface area (Å²) in [5.74, 6) is -0.672. The molecule has 0 aromatic heterocycles. The van der Waals surface area contributed by atoms with Crippen LogP contribution >= 0.6 is 0 Å². The number of rotatable bonds is 10. The molecule has 4 rings (SSSR count). The predicted molar refractivity (Wildman–Crippen MR) is 158 cm³/mol. The topological polar surface area (TPSA) is 86.8 Å². The van der Waals surface area contributed by atoms with Crippen LogP contribution in [0.1, 0.15) is 55.7 Å². The largest absolute Gasteiger partial charge is 0.352 e. The van der Waals surface area contributed by atoms with Crippen LogP contribution in [0.3, 0.4) is 0 Å². The van der Waals surface area contributed by atoms with Crippen LogP contribution in [-0.2, 0) is 26.2 Å². The molecule has 212 valence electrons. The third kappa shape index (κ3) is 7.30. The van der Waals surface area contributed by atoms with Crippen molar-refractivity contribution in [2.75, 3.05) is 10.8 Å². The average molecular weight is 562 g/mol. The lowest BCUT2D eigenvalue weighted by Crippen LogP contribution is -2.53. The van der Waals surface area contributed by atoms with Gasteiger partial charge in [-0.3, -0.25) is 13.9 Å². The fraction of sp³-hybridized carbons (Fsp3) is 0.375. The molecule has 40 heavy (non-hydrogen) atoms. The van der Waals surface area contributed by atoms with E-state index in [0.29, 0.717) is 5.69 Å². The van der Waals surface area contributed by atoms with Gasteiger partial charge in [0.2, 0.25) is 11.8 Å². The first-order chi connectivity index (χ1) is 19.1. The van der Waals surface area contributed by atoms with Crippen molar-refractivity contribution >= 4 is 27.5 Å². The van der Waals surface area contributed by atoms with E-state index in [2.05, 4.69) is 5.32 Å². The summed E-state index contributed by atoms with van der Waals surface area (Å²) < 4.78 is 28.8. The molecular weight excluding hydrogens is 522 g/mol. The Kier molecular flexibility index (Phi) is 9.63. The molecule has 0 spiro atoms. The quantitative estimate of drug-likeness (QED) is 0.361. The Morgan fingerprint density at radius 1 is 0.875 bits per heavy atom. The van der Waals surface area contributed by atoms with Gasteiger partial charge in [-0.15, -0.1) is 0 Å². The molecule has 3 aromatic carbocycles. The van der Waals surface area contributed by atoms with Crippen molar-refractivity contribution in [3.05, 3.63) is 95.6 Å². The average Bonchev–Trinajstić information content (AvgIpc) is 2.95. The van der Waals surface area contributed by atoms with Gasteiger partial charge in [0.05, 0.1) is 10.6 Å². The molecule has 3 aromatic rings. The van der Waals surface area contributed by atoms with E-state index < -0.39 is 28.5 Å². The Morgan fingerprint density at radius 2 is 1.52 bits per heavy atom. The highest BCUT2D eigenvalue weighted by Gasteiger charge is 2.33. The first kappa shape index (κ1) is 29.3. The van der Waals surface area contributed by atoms with Crippen LogP contribution in [0.15, 0.2) is 83.8 Å². The summed E-state index contributed by atoms with van der Waals surface area (Å²) in [6.07, 6.45) is 5.19. The fourth-order valence-electron chi connectivity index (χ4n) is 5.19. The molecule has 1 aliphatic rings. The van der Waals surface area contributed by atoms with E-state index in [0.717, 1.165) is 46.7 Å². The van der Waals surface area contributed by atoms with Crippen LogP contribution in [0.4, 0.5) is 5.69 Å². The predicted octanol–water partition coefficient (Wildman–Crippen LogP) is 5.36. The van der Waals surface area contributed by atoms with E-state index in [-0.39, 0.29) is 23.4 Å². The van der Waals surface area contributed by atoms with Gasteiger partial charge in [-0.05, 0) is 69.0 Å². The molecule has 7 nitrogen and oxygen atoms in total. The molecule has 8 heteroatoms. The number of anilines is 1. The van der Waals surface area contributed by atoms with Gasteiger partial charge in [0.15, 0.2) is 0 Å². The summed E-state index contributed by atoms with van der Waals surface area (Å²) in [5.41, 5.74) is 3.18. The van der Waals surface area contributed by atoms with Crippen molar-refractivity contribution in [1.29, 1.82) is 0 Å². The van der Waals surface area contributed by atoms with Crippen LogP contribution in [0.2, 0.25) is 0 Å². The van der Waals surface area contributed by atoms with E-state index in [1.807, 2.05) is 44.2 Å². The molecule has 0 radical (unpaired) electrons. The summed E-state index contributed by atoms with van der Waals surface area (Å²) in [4.78, 5) is 29.0. The molecule has 1 aliphatic carbocycles. The third-order valence-electron chi connectivity index (χ3n) is 7.45. The van der Waals surface area contributed by atoms with Gasteiger partial charge in [0.1, 0.15) is 12.6 Å². The molecule has 0 unspecified atom stereocenters. The van der Waals surface area contributed by atoms with Crippen molar-refractivity contribution in [2.24, 2.45) is 0 Å². The first-order valence-corrected chi connectivity index (χ1v) is 15.4. The summed E-state index contributed by atoms with van der Waals surface area (Å²) in [7, 11) is -4.06. The number of nitrogens with one attached hydrogen (secondary N) is 1. The molecule has 1 saturated carbocycles. The zero-order valence-corrected chi connectivity index (χ0v) is 24.4. The maximum absolute atomic E-state index is 14.1. The van der Waals surface area contributed by atoms with Crippen molar-refractivity contribution < 1.29 is 18.0 Å². The SMILES string of the molecule is Cc1cccc(CN(C(=O)CN(c2cccc(C)c2)S(=O)(=O)c2ccccc2)[C@H](C)C(=O)NC2CCCCC2)c1. The molecule has 1 N–H and O–H groups in total. The van der Waals surface area contributed by atoms with Gasteiger partial charge in [-0.25, -0.2) is 8.42 Å². The molecule has 1 fully saturated rings. The van der Waals surface area contributed by atoms with Gasteiger partial charge in [0, 0.05) is 12.6 Å². The molecule has 2 amide bonds. The van der Waals surface area contributed by atoms with Gasteiger partial charge >= 0.3 is 0 Å². The second kappa shape index (κ2) is 13.1. The number of benzene rings is 3. The Bertz CT molecular complexity index is 1420. The molecule has 0 saturated heterocycles. The maximum Gasteiger partial charge on any atom is 0.264 e. The van der Waals surface area contributed by atoms with Gasteiger partial charge < -0.3 is 10.2 Å². The summed E-state index contributed by atoms with van der Waals surface area (Å²) >= 11 is 0. The number of nitrogens with zero attached hydrogens (tertiary/aromatic N) is 2. The van der Waals surface area contributed by atoms with E-state index >= 15 is 0 Å². The Morgan fingerprint density at radius 3 is 2.17 bits per heavy atom. The highest BCUT2D eigenvalue weighted by molar-refractivity contribution is 7.92. The minimum atomic E-state index is -4.06. The summed E-state index contributed by atoms with van der Waals surface area (Å²) in [5, 5.41) is 3.14. The second-order valence-electron chi connectivity index (χ2n) is 10.7. The molecule has 0 aliphatic heterocycles. The van der Waals surface area contributed by atoms with E-state index in [9.17, 15) is 18.0 Å². The van der Waals surface area contributed by atoms with Gasteiger partial charge in [-0.2, -0.15) is 0 Å². The second-order valence-corrected chi connectivity index (χ2v) is 12.6. The standard InChI is InChI=1S/C32H39N3O4S/c1-24-12-10-14-27(20-24)22-34(26(3)32(37)33-28-15-6-4-7-16-28)31(36)23-35(29-17-11-13-25(2)21-29)40(38,39)30-18-8-5-9-19-30/h5,8-14,17-21,26,28H,4,6-7,15-16,22-23H2,1-3H3,(H,33,37)/t26-/m1/s1. The van der Waals surface area contributed by atoms with E-state index in [1.54, 1.807) is 43.3 Å². The highest BCUT2D eigenvalue weighted by atomic mass is 32.2. The molecule has 1 atom stereocenters. The van der Waals surface area contributed by atoms with Crippen LogP contribution in [-0.4, -0.2) is 43.8 Å². The minimum Gasteiger partial charge on any atom is -0.352 e. The molecule has 0 heterocycles. The highest BCUT2D eigenvalue weighted by Crippen LogP contribution is 2.25. The third-order valence-corrected chi connectivity index (χ3v) is 9.24. The summed E-state index contributed by atoms with van der Waals surface area (Å²) in [6.45, 7) is 5.32. The fourth-order valence-corrected chi connectivity index (χ4v) is 6.62. The lowest BCUT2D eigenvalue weighted by Gasteiger charge is -2.33. The number of hydrogen-bond acceptors (Lipinski definition) is 4. The number of aryl methyl sites for hydroxylation is 2. The van der Waals surface area contributed by atoms with Crippen molar-refractivity contribution in [2.45, 2.75) is 76.4 Å². The van der Waals surface area contributed by atoms with E-state index in [1.165, 1.54) is 23.5 Å². The van der Waals surface area contributed by atoms with Crippen LogP contribution in [0, 0.1) is 13.8 Å². The Hall–Kier alpha value is -3.65. The smallest absolute Gasteiger partial charge is 0.264 e. The van der Waals surface area contributed by atoms with Crippen molar-refractivity contribution in [1.82, 2.24) is 10.2 Å². The Labute approximate surface area is 238 Å². The van der Waals surface area contributed by atoms with Crippen LogP contribution < -0.4 is 9.62 Å².